The number of benzene rings is 2. The number of hydrogen-bond donors (Lipinski definition) is 1. The summed E-state index contributed by atoms with van der Waals surface area (Å²) in [6.45, 7) is 2.09. The molecule has 106 valence electrons. The van der Waals surface area contributed by atoms with Crippen molar-refractivity contribution in [3.05, 3.63) is 64.5 Å². The van der Waals surface area contributed by atoms with Gasteiger partial charge in [0.05, 0.1) is 0 Å². The normalized spacial score (nSPS) is 21.0. The van der Waals surface area contributed by atoms with Crippen LogP contribution in [0.1, 0.15) is 35.3 Å². The number of thiophene rings is 1. The summed E-state index contributed by atoms with van der Waals surface area (Å²) in [5, 5.41) is 3.50. The Hall–Kier alpha value is -1.84. The molecule has 0 saturated carbocycles. The van der Waals surface area contributed by atoms with Gasteiger partial charge in [0.15, 0.2) is 0 Å². The zero-order chi connectivity index (χ0) is 14.4. The van der Waals surface area contributed by atoms with Gasteiger partial charge in [-0.1, -0.05) is 35.9 Å². The lowest BCUT2D eigenvalue weighted by Gasteiger charge is -2.30. The fourth-order valence-electron chi connectivity index (χ4n) is 3.06. The lowest BCUT2D eigenvalue weighted by Crippen LogP contribution is -2.24. The van der Waals surface area contributed by atoms with Crippen LogP contribution >= 0.6 is 11.3 Å². The van der Waals surface area contributed by atoms with Crippen LogP contribution in [0, 0.1) is 6.92 Å². The molecule has 0 aliphatic carbocycles. The van der Waals surface area contributed by atoms with Crippen LogP contribution in [0.2, 0.25) is 0 Å². The fraction of sp³-hybridized carbons (Fsp3) is 0.222. The SMILES string of the molecule is Cc1ccc2c(c1)[C@@H](N)CC(c1csc3ccccc13)O2. The van der Waals surface area contributed by atoms with Crippen LogP contribution < -0.4 is 10.5 Å². The first-order valence-electron chi connectivity index (χ1n) is 7.21. The van der Waals surface area contributed by atoms with E-state index < -0.39 is 0 Å². The van der Waals surface area contributed by atoms with Gasteiger partial charge in [0.1, 0.15) is 11.9 Å². The van der Waals surface area contributed by atoms with Crippen molar-refractivity contribution in [1.82, 2.24) is 0 Å². The molecule has 2 N–H and O–H groups in total. The van der Waals surface area contributed by atoms with Gasteiger partial charge in [-0.3, -0.25) is 0 Å². The molecule has 0 radical (unpaired) electrons. The van der Waals surface area contributed by atoms with Gasteiger partial charge in [0.2, 0.25) is 0 Å². The van der Waals surface area contributed by atoms with E-state index in [2.05, 4.69) is 48.7 Å². The minimum Gasteiger partial charge on any atom is -0.485 e. The van der Waals surface area contributed by atoms with Gasteiger partial charge in [-0.25, -0.2) is 0 Å². The van der Waals surface area contributed by atoms with Crippen molar-refractivity contribution >= 4 is 21.4 Å². The predicted octanol–water partition coefficient (Wildman–Crippen LogP) is 4.73. The van der Waals surface area contributed by atoms with Gasteiger partial charge in [0, 0.05) is 28.3 Å². The first-order valence-corrected chi connectivity index (χ1v) is 8.09. The van der Waals surface area contributed by atoms with E-state index >= 15 is 0 Å². The summed E-state index contributed by atoms with van der Waals surface area (Å²) in [4.78, 5) is 0. The molecule has 4 rings (SSSR count). The Bertz CT molecular complexity index is 808. The summed E-state index contributed by atoms with van der Waals surface area (Å²) in [5.41, 5.74) is 10.00. The summed E-state index contributed by atoms with van der Waals surface area (Å²) in [6.07, 6.45) is 0.878. The third-order valence-electron chi connectivity index (χ3n) is 4.16. The number of ether oxygens (including phenoxy) is 1. The van der Waals surface area contributed by atoms with Crippen LogP contribution in [0.4, 0.5) is 0 Å². The van der Waals surface area contributed by atoms with Crippen LogP contribution in [0.3, 0.4) is 0 Å². The fourth-order valence-corrected chi connectivity index (χ4v) is 4.06. The highest BCUT2D eigenvalue weighted by Gasteiger charge is 2.28. The molecule has 0 bridgehead atoms. The van der Waals surface area contributed by atoms with Crippen molar-refractivity contribution < 1.29 is 4.74 Å². The topological polar surface area (TPSA) is 35.2 Å². The van der Waals surface area contributed by atoms with Crippen LogP contribution in [-0.4, -0.2) is 0 Å². The minimum absolute atomic E-state index is 0.0392. The summed E-state index contributed by atoms with van der Waals surface area (Å²) in [6, 6.07) is 14.8. The van der Waals surface area contributed by atoms with Crippen molar-refractivity contribution in [3.63, 3.8) is 0 Å². The molecule has 2 nitrogen and oxygen atoms in total. The van der Waals surface area contributed by atoms with Gasteiger partial charge >= 0.3 is 0 Å². The smallest absolute Gasteiger partial charge is 0.127 e. The predicted molar refractivity (Wildman–Crippen MR) is 87.9 cm³/mol. The molecule has 1 aliphatic rings. The van der Waals surface area contributed by atoms with Crippen LogP contribution in [-0.2, 0) is 0 Å². The maximum absolute atomic E-state index is 6.38. The van der Waals surface area contributed by atoms with E-state index in [1.54, 1.807) is 11.3 Å². The van der Waals surface area contributed by atoms with Crippen molar-refractivity contribution in [2.45, 2.75) is 25.5 Å². The Morgan fingerprint density at radius 1 is 1.14 bits per heavy atom. The molecule has 1 unspecified atom stereocenters. The Labute approximate surface area is 128 Å². The lowest BCUT2D eigenvalue weighted by molar-refractivity contribution is 0.163. The molecule has 2 heterocycles. The molecule has 0 amide bonds. The van der Waals surface area contributed by atoms with Crippen molar-refractivity contribution in [2.75, 3.05) is 0 Å². The molecule has 3 heteroatoms. The molecule has 2 aromatic carbocycles. The van der Waals surface area contributed by atoms with E-state index in [4.69, 9.17) is 10.5 Å². The third-order valence-corrected chi connectivity index (χ3v) is 5.14. The summed E-state index contributed by atoms with van der Waals surface area (Å²) in [5.74, 6) is 0.930. The summed E-state index contributed by atoms with van der Waals surface area (Å²) in [7, 11) is 0. The zero-order valence-corrected chi connectivity index (χ0v) is 12.7. The number of rotatable bonds is 1. The molecule has 3 aromatic rings. The molecule has 0 fully saturated rings. The minimum atomic E-state index is 0.0392. The van der Waals surface area contributed by atoms with Gasteiger partial charge < -0.3 is 10.5 Å². The number of hydrogen-bond acceptors (Lipinski definition) is 3. The summed E-state index contributed by atoms with van der Waals surface area (Å²) < 4.78 is 7.54. The second-order valence-electron chi connectivity index (χ2n) is 5.68. The van der Waals surface area contributed by atoms with Crippen molar-refractivity contribution in [3.8, 4) is 5.75 Å². The Balaban J connectivity index is 1.76. The molecule has 21 heavy (non-hydrogen) atoms. The highest BCUT2D eigenvalue weighted by Crippen LogP contribution is 2.43. The summed E-state index contributed by atoms with van der Waals surface area (Å²) >= 11 is 1.77. The molecule has 2 atom stereocenters. The lowest BCUT2D eigenvalue weighted by atomic mass is 9.92. The molecule has 0 saturated heterocycles. The number of nitrogens with two attached hydrogens (primary N) is 1. The van der Waals surface area contributed by atoms with E-state index in [0.717, 1.165) is 17.7 Å². The average molecular weight is 295 g/mol. The Morgan fingerprint density at radius 2 is 2.00 bits per heavy atom. The highest BCUT2D eigenvalue weighted by atomic mass is 32.1. The quantitative estimate of drug-likeness (QED) is 0.704. The van der Waals surface area contributed by atoms with Gasteiger partial charge in [-0.2, -0.15) is 0 Å². The Morgan fingerprint density at radius 3 is 2.90 bits per heavy atom. The third kappa shape index (κ3) is 2.13. The monoisotopic (exact) mass is 295 g/mol. The second kappa shape index (κ2) is 4.86. The maximum Gasteiger partial charge on any atom is 0.127 e. The number of aryl methyl sites for hydroxylation is 1. The zero-order valence-electron chi connectivity index (χ0n) is 11.9. The van der Waals surface area contributed by atoms with Gasteiger partial charge in [-0.15, -0.1) is 11.3 Å². The highest BCUT2D eigenvalue weighted by molar-refractivity contribution is 7.17. The van der Waals surface area contributed by atoms with E-state index in [0.29, 0.717) is 0 Å². The van der Waals surface area contributed by atoms with E-state index in [1.165, 1.54) is 21.2 Å². The van der Waals surface area contributed by atoms with Crippen LogP contribution in [0.5, 0.6) is 5.75 Å². The molecule has 1 aromatic heterocycles. The van der Waals surface area contributed by atoms with Crippen LogP contribution in [0.25, 0.3) is 10.1 Å². The largest absolute Gasteiger partial charge is 0.485 e. The first-order chi connectivity index (χ1) is 10.2. The Kier molecular flexibility index (Phi) is 2.98. The van der Waals surface area contributed by atoms with Crippen molar-refractivity contribution in [2.24, 2.45) is 5.73 Å². The van der Waals surface area contributed by atoms with E-state index in [9.17, 15) is 0 Å². The first kappa shape index (κ1) is 12.9. The molecular weight excluding hydrogens is 278 g/mol. The van der Waals surface area contributed by atoms with E-state index in [1.807, 2.05) is 6.07 Å². The molecule has 1 aliphatic heterocycles. The maximum atomic E-state index is 6.38. The number of fused-ring (bicyclic) bond motifs is 2. The van der Waals surface area contributed by atoms with Crippen molar-refractivity contribution in [1.29, 1.82) is 0 Å². The molecular formula is C18H17NOS. The standard InChI is InChI=1S/C18H17NOS/c1-11-6-7-16-13(8-11)15(19)9-17(20-16)14-10-21-18-5-3-2-4-12(14)18/h2-8,10,15,17H,9,19H2,1H3/t15-,17?/m0/s1. The molecule has 0 spiro atoms. The van der Waals surface area contributed by atoms with Gasteiger partial charge in [-0.05, 0) is 29.8 Å². The average Bonchev–Trinajstić information content (AvgIpc) is 2.92. The van der Waals surface area contributed by atoms with Crippen LogP contribution in [0.15, 0.2) is 47.8 Å². The van der Waals surface area contributed by atoms with Gasteiger partial charge in [0.25, 0.3) is 0 Å². The van der Waals surface area contributed by atoms with E-state index in [-0.39, 0.29) is 12.1 Å². The second-order valence-corrected chi connectivity index (χ2v) is 6.59.